The molecular weight excluding hydrogens is 202 g/mol. The van der Waals surface area contributed by atoms with Crippen LogP contribution in [0.15, 0.2) is 0 Å². The Morgan fingerprint density at radius 1 is 1.38 bits per heavy atom. The zero-order valence-electron chi connectivity index (χ0n) is 10.6. The number of carboxylic acid groups (broad SMARTS) is 1. The van der Waals surface area contributed by atoms with E-state index in [1.54, 1.807) is 0 Å². The fourth-order valence-electron chi connectivity index (χ4n) is 2.61. The Morgan fingerprint density at radius 3 is 2.44 bits per heavy atom. The SMILES string of the molecule is CCCCC(CC)(NC1CCCC1)C(=O)O. The summed E-state index contributed by atoms with van der Waals surface area (Å²) >= 11 is 0. The molecule has 0 aromatic heterocycles. The number of hydrogen-bond acceptors (Lipinski definition) is 2. The molecule has 1 unspecified atom stereocenters. The summed E-state index contributed by atoms with van der Waals surface area (Å²) in [4.78, 5) is 11.5. The highest BCUT2D eigenvalue weighted by molar-refractivity contribution is 5.78. The van der Waals surface area contributed by atoms with Crippen molar-refractivity contribution in [3.05, 3.63) is 0 Å². The van der Waals surface area contributed by atoms with Gasteiger partial charge in [-0.3, -0.25) is 10.1 Å². The topological polar surface area (TPSA) is 49.3 Å². The van der Waals surface area contributed by atoms with Crippen LogP contribution in [0.3, 0.4) is 0 Å². The second kappa shape index (κ2) is 6.24. The summed E-state index contributed by atoms with van der Waals surface area (Å²) in [5.74, 6) is -0.671. The van der Waals surface area contributed by atoms with Gasteiger partial charge in [0.05, 0.1) is 0 Å². The van der Waals surface area contributed by atoms with Crippen LogP contribution in [0.4, 0.5) is 0 Å². The largest absolute Gasteiger partial charge is 0.480 e. The maximum absolute atomic E-state index is 11.5. The minimum absolute atomic E-state index is 0.424. The Morgan fingerprint density at radius 2 is 2.00 bits per heavy atom. The zero-order valence-corrected chi connectivity index (χ0v) is 10.6. The van der Waals surface area contributed by atoms with E-state index >= 15 is 0 Å². The maximum Gasteiger partial charge on any atom is 0.323 e. The van der Waals surface area contributed by atoms with Crippen molar-refractivity contribution in [2.24, 2.45) is 0 Å². The molecule has 3 nitrogen and oxygen atoms in total. The van der Waals surface area contributed by atoms with Gasteiger partial charge in [0.25, 0.3) is 0 Å². The van der Waals surface area contributed by atoms with E-state index in [0.29, 0.717) is 12.5 Å². The van der Waals surface area contributed by atoms with E-state index in [0.717, 1.165) is 32.1 Å². The summed E-state index contributed by atoms with van der Waals surface area (Å²) in [5, 5.41) is 12.9. The van der Waals surface area contributed by atoms with Crippen molar-refractivity contribution >= 4 is 5.97 Å². The Balaban J connectivity index is 2.63. The third-order valence-corrected chi connectivity index (χ3v) is 3.81. The van der Waals surface area contributed by atoms with Crippen molar-refractivity contribution < 1.29 is 9.90 Å². The van der Waals surface area contributed by atoms with Crippen LogP contribution in [0, 0.1) is 0 Å². The minimum Gasteiger partial charge on any atom is -0.480 e. The zero-order chi connectivity index (χ0) is 12.0. The molecule has 0 radical (unpaired) electrons. The predicted octanol–water partition coefficient (Wildman–Crippen LogP) is 2.94. The van der Waals surface area contributed by atoms with Gasteiger partial charge >= 0.3 is 5.97 Å². The lowest BCUT2D eigenvalue weighted by Crippen LogP contribution is -2.55. The molecule has 0 saturated heterocycles. The van der Waals surface area contributed by atoms with E-state index < -0.39 is 11.5 Å². The summed E-state index contributed by atoms with van der Waals surface area (Å²) in [6.07, 6.45) is 8.24. The van der Waals surface area contributed by atoms with Crippen LogP contribution in [0.5, 0.6) is 0 Å². The first-order valence-corrected chi connectivity index (χ1v) is 6.65. The molecule has 1 aliphatic rings. The van der Waals surface area contributed by atoms with Crippen LogP contribution in [-0.2, 0) is 4.79 Å². The van der Waals surface area contributed by atoms with Gasteiger partial charge in [-0.25, -0.2) is 0 Å². The Bertz CT molecular complexity index is 224. The van der Waals surface area contributed by atoms with Gasteiger partial charge in [0.15, 0.2) is 0 Å². The second-order valence-corrected chi connectivity index (χ2v) is 4.97. The summed E-state index contributed by atoms with van der Waals surface area (Å²) in [6.45, 7) is 4.09. The molecule has 1 fully saturated rings. The molecule has 1 rings (SSSR count). The first-order valence-electron chi connectivity index (χ1n) is 6.65. The quantitative estimate of drug-likeness (QED) is 0.703. The van der Waals surface area contributed by atoms with Crippen molar-refractivity contribution in [1.82, 2.24) is 5.32 Å². The van der Waals surface area contributed by atoms with Crippen LogP contribution >= 0.6 is 0 Å². The molecule has 0 spiro atoms. The number of aliphatic carboxylic acids is 1. The molecule has 1 saturated carbocycles. The highest BCUT2D eigenvalue weighted by Gasteiger charge is 2.38. The molecule has 0 heterocycles. The minimum atomic E-state index is -0.676. The number of rotatable bonds is 7. The molecule has 2 N–H and O–H groups in total. The van der Waals surface area contributed by atoms with Crippen molar-refractivity contribution in [3.8, 4) is 0 Å². The summed E-state index contributed by atoms with van der Waals surface area (Å²) in [6, 6.07) is 0.424. The summed E-state index contributed by atoms with van der Waals surface area (Å²) < 4.78 is 0. The molecule has 1 aliphatic carbocycles. The van der Waals surface area contributed by atoms with Crippen LogP contribution in [0.1, 0.15) is 65.2 Å². The lowest BCUT2D eigenvalue weighted by atomic mass is 9.88. The first kappa shape index (κ1) is 13.5. The van der Waals surface area contributed by atoms with Gasteiger partial charge in [0.2, 0.25) is 0 Å². The fourth-order valence-corrected chi connectivity index (χ4v) is 2.61. The smallest absolute Gasteiger partial charge is 0.323 e. The third kappa shape index (κ3) is 3.21. The van der Waals surface area contributed by atoms with E-state index in [1.165, 1.54) is 12.8 Å². The van der Waals surface area contributed by atoms with Crippen molar-refractivity contribution in [1.29, 1.82) is 0 Å². The standard InChI is InChI=1S/C13H25NO2/c1-3-5-10-13(4-2,12(15)16)14-11-8-6-7-9-11/h11,14H,3-10H2,1-2H3,(H,15,16). The van der Waals surface area contributed by atoms with Crippen molar-refractivity contribution in [3.63, 3.8) is 0 Å². The van der Waals surface area contributed by atoms with Crippen LogP contribution in [-0.4, -0.2) is 22.7 Å². The average Bonchev–Trinajstić information content (AvgIpc) is 2.76. The monoisotopic (exact) mass is 227 g/mol. The number of nitrogens with one attached hydrogen (secondary N) is 1. The van der Waals surface area contributed by atoms with Crippen LogP contribution in [0.2, 0.25) is 0 Å². The molecule has 3 heteroatoms. The molecule has 0 aromatic carbocycles. The van der Waals surface area contributed by atoms with Gasteiger partial charge in [-0.2, -0.15) is 0 Å². The highest BCUT2D eigenvalue weighted by Crippen LogP contribution is 2.25. The number of carbonyl (C=O) groups is 1. The van der Waals surface area contributed by atoms with Gasteiger partial charge in [-0.15, -0.1) is 0 Å². The summed E-state index contributed by atoms with van der Waals surface area (Å²) in [7, 11) is 0. The maximum atomic E-state index is 11.5. The van der Waals surface area contributed by atoms with Crippen molar-refractivity contribution in [2.45, 2.75) is 76.8 Å². The molecule has 0 amide bonds. The lowest BCUT2D eigenvalue weighted by Gasteiger charge is -2.32. The van der Waals surface area contributed by atoms with E-state index in [2.05, 4.69) is 12.2 Å². The molecular formula is C13H25NO2. The molecule has 0 aliphatic heterocycles. The molecule has 1 atom stereocenters. The Kier molecular flexibility index (Phi) is 5.26. The van der Waals surface area contributed by atoms with E-state index in [-0.39, 0.29) is 0 Å². The highest BCUT2D eigenvalue weighted by atomic mass is 16.4. The van der Waals surface area contributed by atoms with E-state index in [4.69, 9.17) is 0 Å². The van der Waals surface area contributed by atoms with E-state index in [9.17, 15) is 9.90 Å². The molecule has 0 aromatic rings. The number of unbranched alkanes of at least 4 members (excludes halogenated alkanes) is 1. The fraction of sp³-hybridized carbons (Fsp3) is 0.923. The third-order valence-electron chi connectivity index (χ3n) is 3.81. The Hall–Kier alpha value is -0.570. The Labute approximate surface area is 98.6 Å². The van der Waals surface area contributed by atoms with Gasteiger partial charge in [-0.05, 0) is 25.7 Å². The molecule has 16 heavy (non-hydrogen) atoms. The van der Waals surface area contributed by atoms with Crippen LogP contribution in [0.25, 0.3) is 0 Å². The number of hydrogen-bond donors (Lipinski definition) is 2. The van der Waals surface area contributed by atoms with Crippen molar-refractivity contribution in [2.75, 3.05) is 0 Å². The average molecular weight is 227 g/mol. The summed E-state index contributed by atoms with van der Waals surface area (Å²) in [5.41, 5.74) is -0.676. The number of carboxylic acids is 1. The molecule has 94 valence electrons. The predicted molar refractivity (Wildman–Crippen MR) is 65.6 cm³/mol. The first-order chi connectivity index (χ1) is 7.64. The molecule has 0 bridgehead atoms. The van der Waals surface area contributed by atoms with Gasteiger partial charge in [-0.1, -0.05) is 39.5 Å². The van der Waals surface area contributed by atoms with Gasteiger partial charge in [0, 0.05) is 6.04 Å². The van der Waals surface area contributed by atoms with E-state index in [1.807, 2.05) is 6.92 Å². The second-order valence-electron chi connectivity index (χ2n) is 4.97. The van der Waals surface area contributed by atoms with Crippen LogP contribution < -0.4 is 5.32 Å². The van der Waals surface area contributed by atoms with Gasteiger partial charge < -0.3 is 5.11 Å². The van der Waals surface area contributed by atoms with Gasteiger partial charge in [0.1, 0.15) is 5.54 Å². The lowest BCUT2D eigenvalue weighted by molar-refractivity contribution is -0.146. The normalized spacial score (nSPS) is 20.9.